The standard InChI is InChI=1S/C24H22F3N5O2S/c25-24(26,27)18-11-16(14-29-19(18)12-28)31-21(33)23(9-4-10-23)32(22(31)35)15-7-8-20(30-13-15)34-17-5-2-1-3-6-17/h7-8,11,13-14,17H,1-6,9-10H2. The van der Waals surface area contributed by atoms with E-state index in [0.29, 0.717) is 24.4 Å². The number of ether oxygens (including phenoxy) is 1. The minimum atomic E-state index is -4.80. The highest BCUT2D eigenvalue weighted by Gasteiger charge is 2.60. The summed E-state index contributed by atoms with van der Waals surface area (Å²) >= 11 is 5.61. The van der Waals surface area contributed by atoms with Gasteiger partial charge in [0.25, 0.3) is 5.91 Å². The average molecular weight is 502 g/mol. The van der Waals surface area contributed by atoms with E-state index in [2.05, 4.69) is 9.97 Å². The summed E-state index contributed by atoms with van der Waals surface area (Å²) in [7, 11) is 0. The van der Waals surface area contributed by atoms with Crippen LogP contribution in [0.4, 0.5) is 24.5 Å². The maximum absolute atomic E-state index is 13.5. The summed E-state index contributed by atoms with van der Waals surface area (Å²) in [6.07, 6.45) is 5.26. The lowest BCUT2D eigenvalue weighted by molar-refractivity contribution is -0.138. The first kappa shape index (κ1) is 23.5. The van der Waals surface area contributed by atoms with Crippen molar-refractivity contribution in [1.82, 2.24) is 9.97 Å². The molecule has 5 rings (SSSR count). The van der Waals surface area contributed by atoms with Crippen molar-refractivity contribution < 1.29 is 22.7 Å². The van der Waals surface area contributed by atoms with Crippen molar-refractivity contribution in [3.63, 3.8) is 0 Å². The Bertz CT molecular complexity index is 1200. The molecule has 1 amide bonds. The Morgan fingerprint density at radius 3 is 2.37 bits per heavy atom. The van der Waals surface area contributed by atoms with Crippen LogP contribution in [-0.2, 0) is 11.0 Å². The topological polar surface area (TPSA) is 82.4 Å². The van der Waals surface area contributed by atoms with Gasteiger partial charge in [0.2, 0.25) is 5.88 Å². The average Bonchev–Trinajstić information content (AvgIpc) is 3.06. The van der Waals surface area contributed by atoms with Crippen LogP contribution in [-0.4, -0.2) is 32.6 Å². The molecule has 0 unspecified atom stereocenters. The first-order valence-corrected chi connectivity index (χ1v) is 11.9. The van der Waals surface area contributed by atoms with Gasteiger partial charge in [0, 0.05) is 6.07 Å². The molecule has 1 saturated heterocycles. The fourth-order valence-electron chi connectivity index (χ4n) is 5.02. The van der Waals surface area contributed by atoms with Gasteiger partial charge in [0.15, 0.2) is 10.8 Å². The number of carbonyl (C=O) groups is 1. The van der Waals surface area contributed by atoms with Gasteiger partial charge in [-0.15, -0.1) is 0 Å². The Morgan fingerprint density at radius 2 is 1.80 bits per heavy atom. The van der Waals surface area contributed by atoms with Gasteiger partial charge in [-0.3, -0.25) is 9.69 Å². The molecule has 0 atom stereocenters. The summed E-state index contributed by atoms with van der Waals surface area (Å²) < 4.78 is 46.5. The van der Waals surface area contributed by atoms with E-state index in [9.17, 15) is 18.0 Å². The number of halogens is 3. The van der Waals surface area contributed by atoms with Crippen LogP contribution in [0.25, 0.3) is 0 Å². The second-order valence-electron chi connectivity index (χ2n) is 9.08. The van der Waals surface area contributed by atoms with Crippen molar-refractivity contribution >= 4 is 34.6 Å². The molecule has 0 N–H and O–H groups in total. The van der Waals surface area contributed by atoms with Crippen molar-refractivity contribution in [2.45, 2.75) is 69.2 Å². The Labute approximate surface area is 205 Å². The van der Waals surface area contributed by atoms with E-state index in [1.54, 1.807) is 23.2 Å². The summed E-state index contributed by atoms with van der Waals surface area (Å²) in [5, 5.41) is 9.10. The fourth-order valence-corrected chi connectivity index (χ4v) is 5.49. The molecule has 2 saturated carbocycles. The number of hydrogen-bond donors (Lipinski definition) is 0. The van der Waals surface area contributed by atoms with Gasteiger partial charge in [-0.1, -0.05) is 6.42 Å². The zero-order chi connectivity index (χ0) is 24.8. The smallest absolute Gasteiger partial charge is 0.419 e. The lowest BCUT2D eigenvalue weighted by Gasteiger charge is -2.42. The lowest BCUT2D eigenvalue weighted by Crippen LogP contribution is -2.55. The molecule has 1 spiro atoms. The monoisotopic (exact) mass is 501 g/mol. The number of carbonyl (C=O) groups excluding carboxylic acids is 1. The van der Waals surface area contributed by atoms with Crippen molar-refractivity contribution in [3.8, 4) is 11.9 Å². The van der Waals surface area contributed by atoms with Gasteiger partial charge >= 0.3 is 6.18 Å². The minimum Gasteiger partial charge on any atom is -0.474 e. The summed E-state index contributed by atoms with van der Waals surface area (Å²) in [4.78, 5) is 24.4. The maximum atomic E-state index is 13.5. The Balaban J connectivity index is 1.46. The molecular formula is C24H22F3N5O2S. The first-order valence-electron chi connectivity index (χ1n) is 11.5. The van der Waals surface area contributed by atoms with E-state index in [0.717, 1.165) is 49.3 Å². The van der Waals surface area contributed by atoms with Gasteiger partial charge in [-0.25, -0.2) is 9.97 Å². The van der Waals surface area contributed by atoms with Crippen molar-refractivity contribution in [2.24, 2.45) is 0 Å². The lowest BCUT2D eigenvalue weighted by atomic mass is 9.75. The highest BCUT2D eigenvalue weighted by Crippen LogP contribution is 2.48. The van der Waals surface area contributed by atoms with Crippen LogP contribution in [0.5, 0.6) is 5.88 Å². The number of alkyl halides is 3. The third-order valence-corrected chi connectivity index (χ3v) is 7.32. The van der Waals surface area contributed by atoms with Crippen LogP contribution in [0.1, 0.15) is 62.6 Å². The molecule has 182 valence electrons. The highest BCUT2D eigenvalue weighted by atomic mass is 32.1. The van der Waals surface area contributed by atoms with Crippen LogP contribution in [0, 0.1) is 11.3 Å². The van der Waals surface area contributed by atoms with E-state index in [1.165, 1.54) is 12.5 Å². The zero-order valence-corrected chi connectivity index (χ0v) is 19.5. The predicted octanol–water partition coefficient (Wildman–Crippen LogP) is 5.14. The van der Waals surface area contributed by atoms with Gasteiger partial charge in [-0.05, 0) is 69.3 Å². The predicted molar refractivity (Wildman–Crippen MR) is 125 cm³/mol. The second-order valence-corrected chi connectivity index (χ2v) is 9.44. The molecule has 3 aliphatic rings. The number of rotatable bonds is 4. The van der Waals surface area contributed by atoms with Gasteiger partial charge in [-0.2, -0.15) is 18.4 Å². The molecule has 3 heterocycles. The molecule has 11 heteroatoms. The zero-order valence-electron chi connectivity index (χ0n) is 18.7. The summed E-state index contributed by atoms with van der Waals surface area (Å²) in [5.74, 6) is 0.0821. The molecule has 1 aliphatic heterocycles. The summed E-state index contributed by atoms with van der Waals surface area (Å²) in [5.41, 5.74) is -2.49. The van der Waals surface area contributed by atoms with Crippen LogP contribution >= 0.6 is 12.2 Å². The molecule has 2 aromatic heterocycles. The van der Waals surface area contributed by atoms with Gasteiger partial charge in [0.1, 0.15) is 17.7 Å². The number of aromatic nitrogens is 2. The number of nitriles is 1. The van der Waals surface area contributed by atoms with Crippen molar-refractivity contribution in [1.29, 1.82) is 5.26 Å². The third-order valence-electron chi connectivity index (χ3n) is 6.95. The van der Waals surface area contributed by atoms with E-state index in [-0.39, 0.29) is 16.9 Å². The number of amides is 1. The number of thiocarbonyl (C=S) groups is 1. The molecule has 2 aliphatic carbocycles. The van der Waals surface area contributed by atoms with Crippen LogP contribution in [0.3, 0.4) is 0 Å². The maximum Gasteiger partial charge on any atom is 0.419 e. The second kappa shape index (κ2) is 8.75. The molecule has 7 nitrogen and oxygen atoms in total. The molecule has 0 radical (unpaired) electrons. The van der Waals surface area contributed by atoms with Crippen LogP contribution < -0.4 is 14.5 Å². The van der Waals surface area contributed by atoms with Crippen LogP contribution in [0.2, 0.25) is 0 Å². The summed E-state index contributed by atoms with van der Waals surface area (Å²) in [6, 6.07) is 5.71. The number of hydrogen-bond acceptors (Lipinski definition) is 6. The van der Waals surface area contributed by atoms with Gasteiger partial charge < -0.3 is 9.64 Å². The first-order chi connectivity index (χ1) is 16.7. The number of nitrogens with zero attached hydrogens (tertiary/aromatic N) is 5. The molecule has 0 bridgehead atoms. The van der Waals surface area contributed by atoms with E-state index in [1.807, 2.05) is 0 Å². The van der Waals surface area contributed by atoms with Crippen LogP contribution in [0.15, 0.2) is 30.6 Å². The Morgan fingerprint density at radius 1 is 1.09 bits per heavy atom. The molecule has 0 aromatic carbocycles. The largest absolute Gasteiger partial charge is 0.474 e. The van der Waals surface area contributed by atoms with Crippen molar-refractivity contribution in [2.75, 3.05) is 9.80 Å². The highest BCUT2D eigenvalue weighted by molar-refractivity contribution is 7.81. The molecule has 2 aromatic rings. The Kier molecular flexibility index (Phi) is 5.87. The fraction of sp³-hybridized carbons (Fsp3) is 0.458. The summed E-state index contributed by atoms with van der Waals surface area (Å²) in [6.45, 7) is 0. The van der Waals surface area contributed by atoms with E-state index in [4.69, 9.17) is 22.2 Å². The molecule has 3 fully saturated rings. The van der Waals surface area contributed by atoms with E-state index >= 15 is 0 Å². The normalized spacial score (nSPS) is 20.2. The SMILES string of the molecule is N#Cc1ncc(N2C(=O)C3(CCC3)N(c3ccc(OC4CCCCC4)nc3)C2=S)cc1C(F)(F)F. The van der Waals surface area contributed by atoms with Crippen molar-refractivity contribution in [3.05, 3.63) is 41.9 Å². The Hall–Kier alpha value is -3.26. The van der Waals surface area contributed by atoms with Gasteiger partial charge in [0.05, 0.1) is 29.3 Å². The number of anilines is 2. The third kappa shape index (κ3) is 3.99. The molecular weight excluding hydrogens is 479 g/mol. The molecule has 35 heavy (non-hydrogen) atoms. The minimum absolute atomic E-state index is 0.0529. The number of pyridine rings is 2. The van der Waals surface area contributed by atoms with E-state index < -0.39 is 28.9 Å². The quantitative estimate of drug-likeness (QED) is 0.537.